The van der Waals surface area contributed by atoms with E-state index in [1.54, 1.807) is 12.1 Å². The van der Waals surface area contributed by atoms with Crippen LogP contribution in [0.15, 0.2) is 24.3 Å². The van der Waals surface area contributed by atoms with Crippen molar-refractivity contribution in [3.05, 3.63) is 29.8 Å². The number of carbonyl (C=O) groups is 1. The average molecular weight is 300 g/mol. The standard InChI is InChI=1S/C14H20O5S/c1-11(2)7-9-20(17,18)10-8-19-13-6-4-3-5-12(13)14(15)16/h3-6,11H,7-10H2,1-2H3,(H,15,16). The molecule has 0 radical (unpaired) electrons. The predicted molar refractivity (Wildman–Crippen MR) is 77.0 cm³/mol. The first-order valence-electron chi connectivity index (χ1n) is 6.47. The summed E-state index contributed by atoms with van der Waals surface area (Å²) >= 11 is 0. The number of sulfone groups is 1. The van der Waals surface area contributed by atoms with Crippen molar-refractivity contribution in [2.75, 3.05) is 18.1 Å². The Morgan fingerprint density at radius 1 is 1.25 bits per heavy atom. The summed E-state index contributed by atoms with van der Waals surface area (Å²) in [6.45, 7) is 3.90. The third kappa shape index (κ3) is 5.61. The Labute approximate surface area is 119 Å². The van der Waals surface area contributed by atoms with E-state index < -0.39 is 15.8 Å². The monoisotopic (exact) mass is 300 g/mol. The van der Waals surface area contributed by atoms with Crippen molar-refractivity contribution in [3.63, 3.8) is 0 Å². The average Bonchev–Trinajstić information content (AvgIpc) is 2.37. The normalized spacial score (nSPS) is 11.6. The van der Waals surface area contributed by atoms with Crippen LogP contribution in [0, 0.1) is 5.92 Å². The molecule has 0 amide bonds. The zero-order valence-electron chi connectivity index (χ0n) is 11.7. The number of carboxylic acid groups (broad SMARTS) is 1. The van der Waals surface area contributed by atoms with Crippen LogP contribution in [0.5, 0.6) is 5.75 Å². The zero-order chi connectivity index (χ0) is 15.2. The minimum Gasteiger partial charge on any atom is -0.492 e. The van der Waals surface area contributed by atoms with E-state index in [1.165, 1.54) is 12.1 Å². The van der Waals surface area contributed by atoms with Crippen LogP contribution in [0.1, 0.15) is 30.6 Å². The molecule has 0 aromatic heterocycles. The van der Waals surface area contributed by atoms with Gasteiger partial charge in [0.15, 0.2) is 9.84 Å². The number of hydrogen-bond acceptors (Lipinski definition) is 4. The van der Waals surface area contributed by atoms with Crippen LogP contribution in [0.25, 0.3) is 0 Å². The molecule has 1 aromatic carbocycles. The van der Waals surface area contributed by atoms with Gasteiger partial charge in [-0.1, -0.05) is 26.0 Å². The van der Waals surface area contributed by atoms with E-state index in [4.69, 9.17) is 9.84 Å². The summed E-state index contributed by atoms with van der Waals surface area (Å²) in [5, 5.41) is 8.97. The summed E-state index contributed by atoms with van der Waals surface area (Å²) in [7, 11) is -3.15. The van der Waals surface area contributed by atoms with Gasteiger partial charge in [0, 0.05) is 0 Å². The van der Waals surface area contributed by atoms with Crippen molar-refractivity contribution in [2.24, 2.45) is 5.92 Å². The lowest BCUT2D eigenvalue weighted by atomic mass is 10.2. The van der Waals surface area contributed by atoms with Crippen LogP contribution in [0.3, 0.4) is 0 Å². The Kier molecular flexibility index (Phi) is 6.01. The van der Waals surface area contributed by atoms with Crippen molar-refractivity contribution in [1.29, 1.82) is 0 Å². The third-order valence-corrected chi connectivity index (χ3v) is 4.42. The molecule has 20 heavy (non-hydrogen) atoms. The molecule has 1 N–H and O–H groups in total. The molecule has 0 spiro atoms. The summed E-state index contributed by atoms with van der Waals surface area (Å²) in [4.78, 5) is 11.0. The van der Waals surface area contributed by atoms with Gasteiger partial charge < -0.3 is 9.84 Å². The van der Waals surface area contributed by atoms with Crippen LogP contribution in [-0.4, -0.2) is 37.6 Å². The maximum atomic E-state index is 11.7. The highest BCUT2D eigenvalue weighted by Gasteiger charge is 2.14. The van der Waals surface area contributed by atoms with Crippen LogP contribution in [0.2, 0.25) is 0 Å². The van der Waals surface area contributed by atoms with E-state index in [2.05, 4.69) is 0 Å². The second-order valence-electron chi connectivity index (χ2n) is 4.98. The van der Waals surface area contributed by atoms with E-state index in [-0.39, 0.29) is 29.4 Å². The van der Waals surface area contributed by atoms with Crippen LogP contribution < -0.4 is 4.74 Å². The highest BCUT2D eigenvalue weighted by atomic mass is 32.2. The fourth-order valence-electron chi connectivity index (χ4n) is 1.57. The van der Waals surface area contributed by atoms with Crippen molar-refractivity contribution >= 4 is 15.8 Å². The van der Waals surface area contributed by atoms with Gasteiger partial charge in [-0.05, 0) is 24.5 Å². The zero-order valence-corrected chi connectivity index (χ0v) is 12.5. The smallest absolute Gasteiger partial charge is 0.339 e. The highest BCUT2D eigenvalue weighted by molar-refractivity contribution is 7.91. The summed E-state index contributed by atoms with van der Waals surface area (Å²) < 4.78 is 28.8. The fraction of sp³-hybridized carbons (Fsp3) is 0.500. The minimum atomic E-state index is -3.15. The molecule has 0 saturated heterocycles. The number of hydrogen-bond donors (Lipinski definition) is 1. The van der Waals surface area contributed by atoms with E-state index >= 15 is 0 Å². The first-order valence-corrected chi connectivity index (χ1v) is 8.29. The van der Waals surface area contributed by atoms with Crippen molar-refractivity contribution < 1.29 is 23.1 Å². The summed E-state index contributed by atoms with van der Waals surface area (Å²) in [5.41, 5.74) is 0.0343. The largest absolute Gasteiger partial charge is 0.492 e. The van der Waals surface area contributed by atoms with E-state index in [0.29, 0.717) is 12.3 Å². The maximum Gasteiger partial charge on any atom is 0.339 e. The van der Waals surface area contributed by atoms with E-state index in [9.17, 15) is 13.2 Å². The lowest BCUT2D eigenvalue weighted by Gasteiger charge is -2.10. The molecule has 0 saturated carbocycles. The quantitative estimate of drug-likeness (QED) is 0.796. The number of ether oxygens (including phenoxy) is 1. The minimum absolute atomic E-state index is 0.0343. The molecule has 1 aromatic rings. The Balaban J connectivity index is 2.55. The lowest BCUT2D eigenvalue weighted by molar-refractivity contribution is 0.0692. The number of para-hydroxylation sites is 1. The Hall–Kier alpha value is -1.56. The molecule has 0 aliphatic heterocycles. The van der Waals surface area contributed by atoms with Crippen molar-refractivity contribution in [2.45, 2.75) is 20.3 Å². The van der Waals surface area contributed by atoms with Gasteiger partial charge in [-0.2, -0.15) is 0 Å². The van der Waals surface area contributed by atoms with Gasteiger partial charge in [0.25, 0.3) is 0 Å². The van der Waals surface area contributed by atoms with Crippen molar-refractivity contribution in [1.82, 2.24) is 0 Å². The molecule has 0 bridgehead atoms. The van der Waals surface area contributed by atoms with Crippen LogP contribution in [0.4, 0.5) is 0 Å². The summed E-state index contributed by atoms with van der Waals surface area (Å²) in [6, 6.07) is 6.18. The molecule has 0 fully saturated rings. The number of carboxylic acids is 1. The molecule has 0 aliphatic rings. The molecule has 0 atom stereocenters. The lowest BCUT2D eigenvalue weighted by Crippen LogP contribution is -2.18. The van der Waals surface area contributed by atoms with Gasteiger partial charge in [0.05, 0.1) is 11.5 Å². The number of benzene rings is 1. The Morgan fingerprint density at radius 3 is 2.50 bits per heavy atom. The van der Waals surface area contributed by atoms with Gasteiger partial charge in [-0.3, -0.25) is 0 Å². The topological polar surface area (TPSA) is 80.7 Å². The van der Waals surface area contributed by atoms with Crippen LogP contribution in [-0.2, 0) is 9.84 Å². The fourth-order valence-corrected chi connectivity index (χ4v) is 2.94. The van der Waals surface area contributed by atoms with Gasteiger partial charge in [-0.15, -0.1) is 0 Å². The molecule has 5 nitrogen and oxygen atoms in total. The van der Waals surface area contributed by atoms with Gasteiger partial charge in [0.1, 0.15) is 17.9 Å². The molecule has 6 heteroatoms. The highest BCUT2D eigenvalue weighted by Crippen LogP contribution is 2.17. The SMILES string of the molecule is CC(C)CCS(=O)(=O)CCOc1ccccc1C(=O)O. The van der Waals surface area contributed by atoms with Gasteiger partial charge in [0.2, 0.25) is 0 Å². The van der Waals surface area contributed by atoms with Gasteiger partial charge in [-0.25, -0.2) is 13.2 Å². The van der Waals surface area contributed by atoms with Crippen molar-refractivity contribution in [3.8, 4) is 5.75 Å². The molecule has 0 unspecified atom stereocenters. The van der Waals surface area contributed by atoms with E-state index in [1.807, 2.05) is 13.8 Å². The molecule has 0 aliphatic carbocycles. The molecular weight excluding hydrogens is 280 g/mol. The second kappa shape index (κ2) is 7.28. The van der Waals surface area contributed by atoms with E-state index in [0.717, 1.165) is 0 Å². The van der Waals surface area contributed by atoms with Gasteiger partial charge >= 0.3 is 5.97 Å². The maximum absolute atomic E-state index is 11.7. The number of rotatable bonds is 8. The number of aromatic carboxylic acids is 1. The Morgan fingerprint density at radius 2 is 1.90 bits per heavy atom. The molecule has 1 rings (SSSR count). The first kappa shape index (κ1) is 16.5. The Bertz CT molecular complexity index is 548. The molecule has 0 heterocycles. The predicted octanol–water partition coefficient (Wildman–Crippen LogP) is 2.22. The second-order valence-corrected chi connectivity index (χ2v) is 7.29. The summed E-state index contributed by atoms with van der Waals surface area (Å²) in [5.74, 6) is -0.539. The summed E-state index contributed by atoms with van der Waals surface area (Å²) in [6.07, 6.45) is 0.619. The third-order valence-electron chi connectivity index (χ3n) is 2.78. The molecular formula is C14H20O5S. The van der Waals surface area contributed by atoms with Crippen LogP contribution >= 0.6 is 0 Å². The first-order chi connectivity index (χ1) is 9.32. The molecule has 112 valence electrons.